The van der Waals surface area contributed by atoms with E-state index in [9.17, 15) is 27.4 Å². The number of hydrogen-bond acceptors (Lipinski definition) is 5. The highest BCUT2D eigenvalue weighted by molar-refractivity contribution is 7.85. The zero-order valence-electron chi connectivity index (χ0n) is 15.4. The molecule has 0 spiro atoms. The van der Waals surface area contributed by atoms with E-state index < -0.39 is 21.9 Å². The van der Waals surface area contributed by atoms with Crippen molar-refractivity contribution in [3.63, 3.8) is 0 Å². The SMILES string of the molecule is Cc1cc2c3c(cc(S(=O)(=O)O)c(C)c3c1)C(=O)N(CC(=O)C(C)C)C2=O. The molecule has 7 nitrogen and oxygen atoms in total. The summed E-state index contributed by atoms with van der Waals surface area (Å²) in [6.07, 6.45) is 0. The van der Waals surface area contributed by atoms with E-state index >= 15 is 0 Å². The largest absolute Gasteiger partial charge is 0.297 e. The Hall–Kier alpha value is -2.58. The Balaban J connectivity index is 2.35. The van der Waals surface area contributed by atoms with Gasteiger partial charge in [-0.3, -0.25) is 23.8 Å². The number of imide groups is 1. The van der Waals surface area contributed by atoms with Crippen molar-refractivity contribution in [2.75, 3.05) is 6.54 Å². The van der Waals surface area contributed by atoms with Gasteiger partial charge in [0.05, 0.1) is 17.0 Å². The van der Waals surface area contributed by atoms with Gasteiger partial charge in [-0.15, -0.1) is 0 Å². The molecule has 2 aromatic rings. The van der Waals surface area contributed by atoms with Gasteiger partial charge in [0, 0.05) is 16.9 Å². The molecule has 0 saturated carbocycles. The van der Waals surface area contributed by atoms with E-state index in [2.05, 4.69) is 0 Å². The number of benzene rings is 2. The first-order valence-electron chi connectivity index (χ1n) is 8.37. The third-order valence-corrected chi connectivity index (χ3v) is 5.77. The van der Waals surface area contributed by atoms with Gasteiger partial charge in [-0.2, -0.15) is 8.42 Å². The van der Waals surface area contributed by atoms with Crippen LogP contribution in [-0.2, 0) is 14.9 Å². The van der Waals surface area contributed by atoms with E-state index in [4.69, 9.17) is 0 Å². The highest BCUT2D eigenvalue weighted by atomic mass is 32.2. The Bertz CT molecular complexity index is 1130. The first kappa shape index (κ1) is 19.2. The number of nitrogens with zero attached hydrogens (tertiary/aromatic N) is 1. The lowest BCUT2D eigenvalue weighted by molar-refractivity contribution is -0.122. The van der Waals surface area contributed by atoms with Crippen LogP contribution in [0.5, 0.6) is 0 Å². The second-order valence-electron chi connectivity index (χ2n) is 7.07. The van der Waals surface area contributed by atoms with Crippen LogP contribution < -0.4 is 0 Å². The first-order chi connectivity index (χ1) is 12.4. The fourth-order valence-electron chi connectivity index (χ4n) is 3.29. The Morgan fingerprint density at radius 3 is 2.15 bits per heavy atom. The molecule has 1 heterocycles. The van der Waals surface area contributed by atoms with Crippen molar-refractivity contribution >= 4 is 38.5 Å². The van der Waals surface area contributed by atoms with Crippen LogP contribution in [0.2, 0.25) is 0 Å². The minimum atomic E-state index is -4.57. The third-order valence-electron chi connectivity index (χ3n) is 4.79. The van der Waals surface area contributed by atoms with Crippen molar-refractivity contribution in [2.45, 2.75) is 32.6 Å². The van der Waals surface area contributed by atoms with Crippen LogP contribution in [0.1, 0.15) is 45.7 Å². The minimum Gasteiger partial charge on any atom is -0.297 e. The van der Waals surface area contributed by atoms with E-state index in [1.54, 1.807) is 32.9 Å². The second-order valence-corrected chi connectivity index (χ2v) is 8.46. The molecule has 0 bridgehead atoms. The summed E-state index contributed by atoms with van der Waals surface area (Å²) in [5, 5.41) is 0.750. The van der Waals surface area contributed by atoms with Gasteiger partial charge in [-0.1, -0.05) is 19.9 Å². The lowest BCUT2D eigenvalue weighted by atomic mass is 9.89. The van der Waals surface area contributed by atoms with Crippen molar-refractivity contribution in [3.8, 4) is 0 Å². The van der Waals surface area contributed by atoms with Crippen molar-refractivity contribution < 1.29 is 27.4 Å². The van der Waals surface area contributed by atoms with Crippen LogP contribution in [0, 0.1) is 19.8 Å². The summed E-state index contributed by atoms with van der Waals surface area (Å²) in [4.78, 5) is 38.4. The molecule has 0 fully saturated rings. The van der Waals surface area contributed by atoms with Crippen molar-refractivity contribution in [1.29, 1.82) is 0 Å². The van der Waals surface area contributed by atoms with Gasteiger partial charge in [-0.25, -0.2) is 0 Å². The summed E-state index contributed by atoms with van der Waals surface area (Å²) in [5.41, 5.74) is 1.17. The maximum Gasteiger partial charge on any atom is 0.294 e. The number of Topliss-reactive ketones (excluding diaryl/α,β-unsaturated/α-hetero) is 1. The molecule has 142 valence electrons. The van der Waals surface area contributed by atoms with E-state index in [0.29, 0.717) is 16.3 Å². The molecule has 2 amide bonds. The number of rotatable bonds is 4. The molecule has 0 aliphatic carbocycles. The number of amides is 2. The predicted molar refractivity (Wildman–Crippen MR) is 98.4 cm³/mol. The van der Waals surface area contributed by atoms with Crippen LogP contribution in [0.3, 0.4) is 0 Å². The molecule has 27 heavy (non-hydrogen) atoms. The highest BCUT2D eigenvalue weighted by Gasteiger charge is 2.36. The fourth-order valence-corrected chi connectivity index (χ4v) is 4.05. The average molecular weight is 389 g/mol. The Kier molecular flexibility index (Phi) is 4.44. The van der Waals surface area contributed by atoms with Crippen LogP contribution >= 0.6 is 0 Å². The second kappa shape index (κ2) is 6.24. The fraction of sp³-hybridized carbons (Fsp3) is 0.316. The quantitative estimate of drug-likeness (QED) is 0.636. The van der Waals surface area contributed by atoms with Gasteiger partial charge in [0.1, 0.15) is 0 Å². The molecule has 2 aromatic carbocycles. The van der Waals surface area contributed by atoms with Crippen LogP contribution in [-0.4, -0.2) is 42.0 Å². The molecule has 0 atom stereocenters. The molecule has 8 heteroatoms. The Morgan fingerprint density at radius 1 is 1.07 bits per heavy atom. The zero-order valence-corrected chi connectivity index (χ0v) is 16.2. The maximum atomic E-state index is 12.9. The molecule has 0 radical (unpaired) electrons. The van der Waals surface area contributed by atoms with Gasteiger partial charge >= 0.3 is 0 Å². The maximum absolute atomic E-state index is 12.9. The molecular weight excluding hydrogens is 370 g/mol. The number of ketones is 1. The van der Waals surface area contributed by atoms with Gasteiger partial charge in [0.2, 0.25) is 0 Å². The smallest absolute Gasteiger partial charge is 0.294 e. The molecular formula is C19H19NO6S. The Labute approximate surface area is 156 Å². The van der Waals surface area contributed by atoms with Gasteiger partial charge in [0.15, 0.2) is 5.78 Å². The molecule has 3 rings (SSSR count). The van der Waals surface area contributed by atoms with Gasteiger partial charge in [0.25, 0.3) is 21.9 Å². The number of hydrogen-bond donors (Lipinski definition) is 1. The summed E-state index contributed by atoms with van der Waals surface area (Å²) in [5.74, 6) is -1.99. The monoisotopic (exact) mass is 389 g/mol. The predicted octanol–water partition coefficient (Wildman–Crippen LogP) is 2.52. The molecule has 1 aliphatic heterocycles. The first-order valence-corrected chi connectivity index (χ1v) is 9.81. The number of carbonyl (C=O) groups is 3. The van der Waals surface area contributed by atoms with Gasteiger partial charge in [-0.05, 0) is 42.5 Å². The van der Waals surface area contributed by atoms with Crippen molar-refractivity contribution in [2.24, 2.45) is 5.92 Å². The zero-order chi connectivity index (χ0) is 20.3. The van der Waals surface area contributed by atoms with E-state index in [1.165, 1.54) is 6.92 Å². The van der Waals surface area contributed by atoms with Crippen LogP contribution in [0.15, 0.2) is 23.1 Å². The number of aryl methyl sites for hydroxylation is 2. The van der Waals surface area contributed by atoms with Gasteiger partial charge < -0.3 is 0 Å². The molecule has 1 aliphatic rings. The van der Waals surface area contributed by atoms with Crippen molar-refractivity contribution in [1.82, 2.24) is 4.90 Å². The van der Waals surface area contributed by atoms with E-state index in [0.717, 1.165) is 11.0 Å². The van der Waals surface area contributed by atoms with Crippen LogP contribution in [0.25, 0.3) is 10.8 Å². The normalized spacial score (nSPS) is 14.4. The summed E-state index contributed by atoms with van der Waals surface area (Å²) in [6.45, 7) is 6.19. The van der Waals surface area contributed by atoms with Crippen LogP contribution in [0.4, 0.5) is 0 Å². The lowest BCUT2D eigenvalue weighted by Gasteiger charge is -2.28. The average Bonchev–Trinajstić information content (AvgIpc) is 2.56. The molecule has 0 saturated heterocycles. The number of carbonyl (C=O) groups excluding carboxylic acids is 3. The minimum absolute atomic E-state index is 0.0191. The lowest BCUT2D eigenvalue weighted by Crippen LogP contribution is -2.44. The molecule has 0 aromatic heterocycles. The van der Waals surface area contributed by atoms with Crippen molar-refractivity contribution in [3.05, 3.63) is 40.5 Å². The summed E-state index contributed by atoms with van der Waals surface area (Å²) in [6, 6.07) is 4.36. The summed E-state index contributed by atoms with van der Waals surface area (Å²) < 4.78 is 33.1. The van der Waals surface area contributed by atoms with E-state index in [-0.39, 0.29) is 39.8 Å². The molecule has 0 unspecified atom stereocenters. The Morgan fingerprint density at radius 2 is 1.63 bits per heavy atom. The standard InChI is InChI=1S/C19H19NO6S/c1-9(2)15(21)8-20-18(22)13-6-10(3)5-12-11(4)16(27(24,25)26)7-14(17(12)13)19(20)23/h5-7,9H,8H2,1-4H3,(H,24,25,26). The summed E-state index contributed by atoms with van der Waals surface area (Å²) >= 11 is 0. The highest BCUT2D eigenvalue weighted by Crippen LogP contribution is 2.36. The topological polar surface area (TPSA) is 109 Å². The summed E-state index contributed by atoms with van der Waals surface area (Å²) in [7, 11) is -4.57. The molecule has 1 N–H and O–H groups in total. The third kappa shape index (κ3) is 3.04. The van der Waals surface area contributed by atoms with E-state index in [1.807, 2.05) is 0 Å².